The van der Waals surface area contributed by atoms with Crippen LogP contribution in [0.2, 0.25) is 5.02 Å². The molecular formula is C17H16ClNO2. The maximum absolute atomic E-state index is 10.3. The number of rotatable bonds is 4. The van der Waals surface area contributed by atoms with E-state index < -0.39 is 12.1 Å². The second-order valence-corrected chi connectivity index (χ2v) is 5.41. The molecule has 0 saturated carbocycles. The van der Waals surface area contributed by atoms with Crippen molar-refractivity contribution >= 4 is 22.5 Å². The monoisotopic (exact) mass is 301 g/mol. The lowest BCUT2D eigenvalue weighted by molar-refractivity contribution is 0.0654. The Labute approximate surface area is 128 Å². The Kier molecular flexibility index (Phi) is 3.97. The van der Waals surface area contributed by atoms with Crippen molar-refractivity contribution in [2.24, 2.45) is 0 Å². The van der Waals surface area contributed by atoms with Gasteiger partial charge in [-0.1, -0.05) is 48.0 Å². The fraction of sp³-hybridized carbons (Fsp3) is 0.176. The molecule has 0 amide bonds. The van der Waals surface area contributed by atoms with E-state index in [1.54, 1.807) is 6.07 Å². The minimum Gasteiger partial charge on any atom is -0.394 e. The van der Waals surface area contributed by atoms with Crippen LogP contribution in [0.5, 0.6) is 0 Å². The molecule has 0 aliphatic heterocycles. The summed E-state index contributed by atoms with van der Waals surface area (Å²) in [4.78, 5) is 0. The van der Waals surface area contributed by atoms with Crippen LogP contribution in [0.25, 0.3) is 10.9 Å². The highest BCUT2D eigenvalue weighted by molar-refractivity contribution is 6.31. The van der Waals surface area contributed by atoms with E-state index >= 15 is 0 Å². The number of aromatic nitrogens is 1. The Morgan fingerprint density at radius 1 is 1.00 bits per heavy atom. The molecule has 108 valence electrons. The van der Waals surface area contributed by atoms with E-state index in [4.69, 9.17) is 11.6 Å². The molecule has 0 radical (unpaired) electrons. The Balaban J connectivity index is 2.19. The topological polar surface area (TPSA) is 45.4 Å². The van der Waals surface area contributed by atoms with Crippen LogP contribution in [0.1, 0.15) is 11.6 Å². The van der Waals surface area contributed by atoms with E-state index in [1.165, 1.54) is 0 Å². The number of nitrogens with zero attached hydrogens (tertiary/aromatic N) is 1. The summed E-state index contributed by atoms with van der Waals surface area (Å²) in [6, 6.07) is 16.9. The van der Waals surface area contributed by atoms with Crippen LogP contribution in [-0.2, 0) is 0 Å². The number of aliphatic hydroxyl groups excluding tert-OH is 2. The second kappa shape index (κ2) is 5.90. The quantitative estimate of drug-likeness (QED) is 0.777. The van der Waals surface area contributed by atoms with Gasteiger partial charge in [0.05, 0.1) is 12.6 Å². The first kappa shape index (κ1) is 14.1. The van der Waals surface area contributed by atoms with Crippen molar-refractivity contribution in [3.8, 4) is 0 Å². The molecule has 0 aliphatic carbocycles. The highest BCUT2D eigenvalue weighted by atomic mass is 35.5. The summed E-state index contributed by atoms with van der Waals surface area (Å²) in [6.45, 7) is -0.331. The van der Waals surface area contributed by atoms with Gasteiger partial charge in [-0.3, -0.25) is 0 Å². The van der Waals surface area contributed by atoms with E-state index in [2.05, 4.69) is 0 Å². The Hall–Kier alpha value is -1.81. The molecule has 0 fully saturated rings. The third-order valence-corrected chi connectivity index (χ3v) is 4.05. The number of halogens is 1. The molecule has 0 bridgehead atoms. The molecule has 3 aromatic rings. The first-order valence-electron chi connectivity index (χ1n) is 6.81. The Morgan fingerprint density at radius 2 is 1.71 bits per heavy atom. The summed E-state index contributed by atoms with van der Waals surface area (Å²) >= 11 is 6.28. The van der Waals surface area contributed by atoms with E-state index in [0.29, 0.717) is 5.02 Å². The van der Waals surface area contributed by atoms with Crippen molar-refractivity contribution in [3.63, 3.8) is 0 Å². The lowest BCUT2D eigenvalue weighted by Crippen LogP contribution is -2.28. The third kappa shape index (κ3) is 2.56. The van der Waals surface area contributed by atoms with Gasteiger partial charge in [-0.25, -0.2) is 0 Å². The molecule has 0 saturated heterocycles. The average Bonchev–Trinajstić information content (AvgIpc) is 2.93. The number of aliphatic hydroxyl groups is 2. The summed E-state index contributed by atoms with van der Waals surface area (Å²) in [5, 5.41) is 21.4. The van der Waals surface area contributed by atoms with Crippen LogP contribution in [-0.4, -0.2) is 27.5 Å². The van der Waals surface area contributed by atoms with Crippen molar-refractivity contribution in [2.45, 2.75) is 12.1 Å². The third-order valence-electron chi connectivity index (χ3n) is 3.70. The molecular weight excluding hydrogens is 286 g/mol. The summed E-state index contributed by atoms with van der Waals surface area (Å²) in [7, 11) is 0. The second-order valence-electron chi connectivity index (χ2n) is 5.00. The van der Waals surface area contributed by atoms with Crippen LogP contribution in [0.15, 0.2) is 60.8 Å². The van der Waals surface area contributed by atoms with Crippen LogP contribution in [0.4, 0.5) is 0 Å². The van der Waals surface area contributed by atoms with Crippen LogP contribution < -0.4 is 0 Å². The predicted octanol–water partition coefficient (Wildman–Crippen LogP) is 3.24. The van der Waals surface area contributed by atoms with Crippen molar-refractivity contribution in [1.29, 1.82) is 0 Å². The zero-order valence-electron chi connectivity index (χ0n) is 11.4. The van der Waals surface area contributed by atoms with Gasteiger partial charge < -0.3 is 14.8 Å². The zero-order chi connectivity index (χ0) is 14.8. The maximum atomic E-state index is 10.3. The molecule has 2 atom stereocenters. The predicted molar refractivity (Wildman–Crippen MR) is 84.6 cm³/mol. The SMILES string of the molecule is OC[C@@H](O)[C@H](c1ccccc1Cl)n1ccc2ccccc21. The minimum absolute atomic E-state index is 0.331. The molecule has 3 rings (SSSR count). The summed E-state index contributed by atoms with van der Waals surface area (Å²) < 4.78 is 1.96. The van der Waals surface area contributed by atoms with E-state index in [0.717, 1.165) is 16.5 Å². The number of hydrogen-bond acceptors (Lipinski definition) is 2. The molecule has 2 N–H and O–H groups in total. The smallest absolute Gasteiger partial charge is 0.102 e. The van der Waals surface area contributed by atoms with Gasteiger partial charge in [-0.15, -0.1) is 0 Å². The van der Waals surface area contributed by atoms with Crippen LogP contribution in [0.3, 0.4) is 0 Å². The Bertz CT molecular complexity index is 753. The Morgan fingerprint density at radius 3 is 2.48 bits per heavy atom. The maximum Gasteiger partial charge on any atom is 0.102 e. The van der Waals surface area contributed by atoms with Gasteiger partial charge in [0.15, 0.2) is 0 Å². The number of para-hydroxylation sites is 1. The van der Waals surface area contributed by atoms with Gasteiger partial charge in [0, 0.05) is 16.7 Å². The normalized spacial score (nSPS) is 14.2. The van der Waals surface area contributed by atoms with Crippen LogP contribution >= 0.6 is 11.6 Å². The van der Waals surface area contributed by atoms with Crippen molar-refractivity contribution in [1.82, 2.24) is 4.57 Å². The lowest BCUT2D eigenvalue weighted by atomic mass is 10.0. The van der Waals surface area contributed by atoms with Crippen molar-refractivity contribution in [2.75, 3.05) is 6.61 Å². The van der Waals surface area contributed by atoms with Gasteiger partial charge >= 0.3 is 0 Å². The summed E-state index contributed by atoms with van der Waals surface area (Å²) in [5.74, 6) is 0. The molecule has 3 nitrogen and oxygen atoms in total. The highest BCUT2D eigenvalue weighted by Gasteiger charge is 2.25. The molecule has 0 aliphatic rings. The zero-order valence-corrected chi connectivity index (χ0v) is 12.1. The van der Waals surface area contributed by atoms with Gasteiger partial charge in [0.1, 0.15) is 6.10 Å². The molecule has 2 aromatic carbocycles. The van der Waals surface area contributed by atoms with Gasteiger partial charge in [-0.05, 0) is 29.1 Å². The fourth-order valence-electron chi connectivity index (χ4n) is 2.70. The molecule has 1 heterocycles. The number of fused-ring (bicyclic) bond motifs is 1. The lowest BCUT2D eigenvalue weighted by Gasteiger charge is -2.25. The number of benzene rings is 2. The largest absolute Gasteiger partial charge is 0.394 e. The molecule has 1 aromatic heterocycles. The van der Waals surface area contributed by atoms with E-state index in [1.807, 2.05) is 59.3 Å². The van der Waals surface area contributed by atoms with Gasteiger partial charge in [-0.2, -0.15) is 0 Å². The summed E-state index contributed by atoms with van der Waals surface area (Å²) in [6.07, 6.45) is 0.984. The van der Waals surface area contributed by atoms with E-state index in [9.17, 15) is 10.2 Å². The fourth-order valence-corrected chi connectivity index (χ4v) is 2.95. The van der Waals surface area contributed by atoms with Crippen molar-refractivity contribution in [3.05, 3.63) is 71.4 Å². The summed E-state index contributed by atoms with van der Waals surface area (Å²) in [5.41, 5.74) is 1.79. The molecule has 21 heavy (non-hydrogen) atoms. The average molecular weight is 302 g/mol. The van der Waals surface area contributed by atoms with Gasteiger partial charge in [0.2, 0.25) is 0 Å². The highest BCUT2D eigenvalue weighted by Crippen LogP contribution is 2.31. The molecule has 4 heteroatoms. The molecule has 0 unspecified atom stereocenters. The standard InChI is InChI=1S/C17H16ClNO2/c18-14-7-3-2-6-13(14)17(16(21)11-20)19-10-9-12-5-1-4-8-15(12)19/h1-10,16-17,20-21H,11H2/t16-,17+/m1/s1. The minimum atomic E-state index is -0.930. The first-order chi connectivity index (χ1) is 10.2. The van der Waals surface area contributed by atoms with Gasteiger partial charge in [0.25, 0.3) is 0 Å². The molecule has 0 spiro atoms. The van der Waals surface area contributed by atoms with Crippen molar-refractivity contribution < 1.29 is 10.2 Å². The van der Waals surface area contributed by atoms with Crippen LogP contribution in [0, 0.1) is 0 Å². The first-order valence-corrected chi connectivity index (χ1v) is 7.19. The van der Waals surface area contributed by atoms with E-state index in [-0.39, 0.29) is 6.61 Å². The number of hydrogen-bond donors (Lipinski definition) is 2.